The van der Waals surface area contributed by atoms with E-state index in [2.05, 4.69) is 65.6 Å². The van der Waals surface area contributed by atoms with Crippen molar-refractivity contribution in [3.63, 3.8) is 0 Å². The van der Waals surface area contributed by atoms with Gasteiger partial charge in [-0.2, -0.15) is 31.1 Å². The Balaban J connectivity index is -0.0000000923. The number of unbranched alkanes of at least 4 members (excludes halogenated alkanes) is 30. The van der Waals surface area contributed by atoms with Gasteiger partial charge in [0.1, 0.15) is 0 Å². The first-order valence-electron chi connectivity index (χ1n) is 19.4. The molecule has 2 nitrogen and oxygen atoms in total. The summed E-state index contributed by atoms with van der Waals surface area (Å²) in [4.78, 5) is 18.6. The molecule has 0 saturated carbocycles. The van der Waals surface area contributed by atoms with Crippen molar-refractivity contribution in [2.45, 2.75) is 233 Å². The molecule has 47 heavy (non-hydrogen) atoms. The fourth-order valence-corrected chi connectivity index (χ4v) is 4.99. The second-order valence-corrected chi connectivity index (χ2v) is 17.0. The van der Waals surface area contributed by atoms with Crippen LogP contribution >= 0.6 is 5.69 Å². The van der Waals surface area contributed by atoms with Gasteiger partial charge in [-0.15, -0.1) is 0 Å². The zero-order valence-corrected chi connectivity index (χ0v) is 44.1. The Morgan fingerprint density at radius 1 is 0.362 bits per heavy atom. The monoisotopic (exact) mass is 868 g/mol. The molecule has 0 amide bonds. The van der Waals surface area contributed by atoms with E-state index in [1.54, 1.807) is 0 Å². The van der Waals surface area contributed by atoms with Crippen LogP contribution in [0.25, 0.3) is 0 Å². The fourth-order valence-electron chi connectivity index (χ4n) is 4.99. The van der Waals surface area contributed by atoms with E-state index >= 15 is 0 Å². The number of rotatable bonds is 30. The van der Waals surface area contributed by atoms with Gasteiger partial charge < -0.3 is 48.5 Å². The summed E-state index contributed by atoms with van der Waals surface area (Å²) in [5, 5.41) is 0. The van der Waals surface area contributed by atoms with Crippen molar-refractivity contribution in [1.29, 1.82) is 0 Å². The van der Waals surface area contributed by atoms with Gasteiger partial charge in [-0.05, 0) is 0 Å². The molecule has 0 aromatic heterocycles. The first-order chi connectivity index (χ1) is 21.2. The number of hydrogen-bond acceptors (Lipinski definition) is 4. The van der Waals surface area contributed by atoms with Crippen LogP contribution in [-0.2, 0) is 82.5 Å². The van der Waals surface area contributed by atoms with E-state index in [9.17, 15) is 9.79 Å². The maximum Gasteiger partial charge on any atom is 2.00 e. The van der Waals surface area contributed by atoms with Crippen LogP contribution in [0.3, 0.4) is 0 Å². The Morgan fingerprint density at radius 3 is 0.574 bits per heavy atom. The summed E-state index contributed by atoms with van der Waals surface area (Å²) in [6.07, 6.45) is 46.1. The molecule has 0 radical (unpaired) electrons. The Hall–Kier alpha value is 2.79. The molecule has 0 aliphatic rings. The zero-order valence-electron chi connectivity index (χ0n) is 32.7. The molecule has 0 rings (SSSR count). The molecule has 0 aliphatic heterocycles. The van der Waals surface area contributed by atoms with E-state index in [0.717, 1.165) is 19.3 Å². The van der Waals surface area contributed by atoms with Crippen LogP contribution in [0, 0.1) is 20.8 Å². The molecule has 0 aromatic carbocycles. The van der Waals surface area contributed by atoms with Crippen molar-refractivity contribution in [1.82, 2.24) is 0 Å². The summed E-state index contributed by atoms with van der Waals surface area (Å²) >= 11 is 7.28. The molecule has 0 spiro atoms. The standard InChI is InChI=1S/3C13H27.H3O2PS2.3Zn/c3*1-3-5-7-9-11-13-12-10-8-6-4-2;1-3(2,4)5;;;/h3*1,3-13H2,2H3;(H3,1,2,4,5);;;/q3*-1;;3*+2/p-3. The fraction of sp³-hybridized carbons (Fsp3) is 0.923. The summed E-state index contributed by atoms with van der Waals surface area (Å²) in [6.45, 7) is 18.4. The summed E-state index contributed by atoms with van der Waals surface area (Å²) < 4.78 is 0. The third-order valence-electron chi connectivity index (χ3n) is 7.81. The van der Waals surface area contributed by atoms with E-state index in [4.69, 9.17) is 0 Å². The molecule has 0 aliphatic carbocycles. The second-order valence-electron chi connectivity index (χ2n) is 12.6. The van der Waals surface area contributed by atoms with Crippen LogP contribution in [-0.4, -0.2) is 0 Å². The molecule has 0 saturated heterocycles. The van der Waals surface area contributed by atoms with Gasteiger partial charge in [0.25, 0.3) is 0 Å². The van der Waals surface area contributed by atoms with Crippen molar-refractivity contribution in [3.05, 3.63) is 20.8 Å². The molecule has 272 valence electrons. The van der Waals surface area contributed by atoms with E-state index < -0.39 is 5.69 Å². The normalized spacial score (nSPS) is 10.1. The van der Waals surface area contributed by atoms with Crippen LogP contribution in [0.2, 0.25) is 0 Å². The molecular weight excluding hydrogens is 792 g/mol. The maximum atomic E-state index is 9.29. The average molecular weight is 873 g/mol. The quantitative estimate of drug-likeness (QED) is 0.0237. The third kappa shape index (κ3) is 99.3. The Labute approximate surface area is 348 Å². The van der Waals surface area contributed by atoms with Gasteiger partial charge in [0, 0.05) is 0 Å². The zero-order chi connectivity index (χ0) is 33.8. The van der Waals surface area contributed by atoms with Gasteiger partial charge in [-0.3, -0.25) is 0 Å². The molecule has 0 heterocycles. The molecule has 0 unspecified atom stereocenters. The summed E-state index contributed by atoms with van der Waals surface area (Å²) in [5.41, 5.74) is -3.72. The smallest absolute Gasteiger partial charge is 0.850 e. The summed E-state index contributed by atoms with van der Waals surface area (Å²) in [6, 6.07) is 0. The Bertz CT molecular complexity index is 410. The molecule has 8 heteroatoms. The van der Waals surface area contributed by atoms with Crippen molar-refractivity contribution in [2.75, 3.05) is 0 Å². The van der Waals surface area contributed by atoms with Gasteiger partial charge in [0.2, 0.25) is 0 Å². The molecule has 0 atom stereocenters. The second kappa shape index (κ2) is 63.8. The Morgan fingerprint density at radius 2 is 0.468 bits per heavy atom. The van der Waals surface area contributed by atoms with E-state index in [1.807, 2.05) is 0 Å². The maximum absolute atomic E-state index is 9.29. The summed E-state index contributed by atoms with van der Waals surface area (Å²) in [5.74, 6) is 0. The van der Waals surface area contributed by atoms with Crippen LogP contribution < -0.4 is 9.79 Å². The van der Waals surface area contributed by atoms with Gasteiger partial charge in [-0.25, -0.2) is 0 Å². The van der Waals surface area contributed by atoms with Crippen LogP contribution in [0.1, 0.15) is 233 Å². The van der Waals surface area contributed by atoms with Crippen molar-refractivity contribution in [3.8, 4) is 0 Å². The van der Waals surface area contributed by atoms with E-state index in [1.165, 1.54) is 193 Å². The topological polar surface area (TPSA) is 46.1 Å². The predicted molar refractivity (Wildman–Crippen MR) is 207 cm³/mol. The minimum atomic E-state index is -3.72. The minimum absolute atomic E-state index is 0. The molecular formula is C39H81O2PS2Zn3. The van der Waals surface area contributed by atoms with Crippen molar-refractivity contribution in [2.24, 2.45) is 0 Å². The van der Waals surface area contributed by atoms with Crippen molar-refractivity contribution < 1.29 is 68.2 Å². The van der Waals surface area contributed by atoms with E-state index in [-0.39, 0.29) is 58.4 Å². The number of hydrogen-bond donors (Lipinski definition) is 0. The Kier molecular flexibility index (Phi) is 87.9. The summed E-state index contributed by atoms with van der Waals surface area (Å²) in [7, 11) is 0. The molecule has 0 aromatic rings. The first-order valence-corrected chi connectivity index (χ1v) is 23.0. The first kappa shape index (κ1) is 64.7. The average Bonchev–Trinajstić information content (AvgIpc) is 2.98. The van der Waals surface area contributed by atoms with Gasteiger partial charge in [-0.1, -0.05) is 213 Å². The van der Waals surface area contributed by atoms with Gasteiger partial charge >= 0.3 is 58.4 Å². The molecule has 0 bridgehead atoms. The third-order valence-corrected chi connectivity index (χ3v) is 7.81. The van der Waals surface area contributed by atoms with E-state index in [0.29, 0.717) is 0 Å². The van der Waals surface area contributed by atoms with Crippen LogP contribution in [0.15, 0.2) is 0 Å². The van der Waals surface area contributed by atoms with Crippen LogP contribution in [0.5, 0.6) is 0 Å². The largest absolute Gasteiger partial charge is 2.00 e. The molecule has 0 fully saturated rings. The molecule has 0 N–H and O–H groups in total. The van der Waals surface area contributed by atoms with Gasteiger partial charge in [0.15, 0.2) is 0 Å². The van der Waals surface area contributed by atoms with Gasteiger partial charge in [0.05, 0.1) is 0 Å². The van der Waals surface area contributed by atoms with Crippen molar-refractivity contribution >= 4 is 29.7 Å². The predicted octanol–water partition coefficient (Wildman–Crippen LogP) is 13.9. The SMILES string of the molecule is [CH2-]CCCCCCCCCCCC.[CH2-]CCCCCCCCCCCC.[CH2-]CCCCCCCCCCCC.[O-]P([O-])(=S)[S-].[Zn+2].[Zn+2].[Zn+2]. The minimum Gasteiger partial charge on any atom is -0.850 e. The van der Waals surface area contributed by atoms with Crippen LogP contribution in [0.4, 0.5) is 0 Å².